The van der Waals surface area contributed by atoms with Crippen LogP contribution in [0.5, 0.6) is 0 Å². The van der Waals surface area contributed by atoms with Crippen LogP contribution in [0.15, 0.2) is 121 Å². The van der Waals surface area contributed by atoms with Crippen LogP contribution in [-0.2, 0) is 45.3 Å². The van der Waals surface area contributed by atoms with E-state index in [-0.39, 0.29) is 24.5 Å². The molecule has 4 atom stereocenters. The summed E-state index contributed by atoms with van der Waals surface area (Å²) in [4.78, 5) is 0. The number of nitrogens with one attached hydrogen (secondary N) is 1. The summed E-state index contributed by atoms with van der Waals surface area (Å²) in [6, 6.07) is 40.9. The van der Waals surface area contributed by atoms with Gasteiger partial charge in [0.2, 0.25) is 0 Å². The Kier molecular flexibility index (Phi) is 9.69. The Balaban J connectivity index is 1.31. The minimum Gasteiger partial charge on any atom is -0.374 e. The molecular weight excluding hydrogens is 474 g/mol. The SMILES string of the molecule is c1ccc(CNC2O[C@H](COCc3ccccc3)[C@@H](OCc3ccccc3)[C@H]2OCc2ccccc2)cc1. The molecule has 1 unspecified atom stereocenters. The second-order valence-electron chi connectivity index (χ2n) is 9.48. The fourth-order valence-corrected chi connectivity index (χ4v) is 4.62. The molecule has 0 radical (unpaired) electrons. The van der Waals surface area contributed by atoms with E-state index in [2.05, 4.69) is 53.8 Å². The molecule has 0 saturated carbocycles. The molecule has 1 N–H and O–H groups in total. The third-order valence-electron chi connectivity index (χ3n) is 6.62. The summed E-state index contributed by atoms with van der Waals surface area (Å²) < 4.78 is 25.7. The lowest BCUT2D eigenvalue weighted by Gasteiger charge is -2.25. The van der Waals surface area contributed by atoms with Gasteiger partial charge in [-0.2, -0.15) is 0 Å². The van der Waals surface area contributed by atoms with E-state index in [4.69, 9.17) is 18.9 Å². The molecule has 1 aliphatic rings. The Bertz CT molecular complexity index is 1190. The summed E-state index contributed by atoms with van der Waals surface area (Å²) in [6.07, 6.45) is -1.24. The zero-order valence-corrected chi connectivity index (χ0v) is 21.5. The van der Waals surface area contributed by atoms with Gasteiger partial charge < -0.3 is 18.9 Å². The molecule has 1 aliphatic heterocycles. The highest BCUT2D eigenvalue weighted by molar-refractivity contribution is 5.16. The molecule has 0 bridgehead atoms. The van der Waals surface area contributed by atoms with E-state index in [1.54, 1.807) is 0 Å². The van der Waals surface area contributed by atoms with E-state index in [0.29, 0.717) is 33.0 Å². The van der Waals surface area contributed by atoms with Crippen LogP contribution in [0.1, 0.15) is 22.3 Å². The molecule has 4 aromatic carbocycles. The third-order valence-corrected chi connectivity index (χ3v) is 6.62. The molecule has 0 amide bonds. The zero-order valence-electron chi connectivity index (χ0n) is 21.5. The van der Waals surface area contributed by atoms with Crippen LogP contribution in [0, 0.1) is 0 Å². The Morgan fingerprint density at radius 1 is 0.526 bits per heavy atom. The molecule has 38 heavy (non-hydrogen) atoms. The first-order valence-electron chi connectivity index (χ1n) is 13.2. The van der Waals surface area contributed by atoms with Crippen molar-refractivity contribution in [2.75, 3.05) is 6.61 Å². The zero-order chi connectivity index (χ0) is 25.8. The monoisotopic (exact) mass is 509 g/mol. The number of benzene rings is 4. The molecule has 4 aromatic rings. The summed E-state index contributed by atoms with van der Waals surface area (Å²) in [6.45, 7) is 2.54. The van der Waals surface area contributed by atoms with E-state index in [1.165, 1.54) is 5.56 Å². The largest absolute Gasteiger partial charge is 0.374 e. The second kappa shape index (κ2) is 14.0. The Morgan fingerprint density at radius 2 is 0.974 bits per heavy atom. The maximum Gasteiger partial charge on any atom is 0.138 e. The quantitative estimate of drug-likeness (QED) is 0.244. The van der Waals surface area contributed by atoms with E-state index in [1.807, 2.05) is 72.8 Å². The molecule has 196 valence electrons. The van der Waals surface area contributed by atoms with Gasteiger partial charge in [-0.25, -0.2) is 0 Å². The van der Waals surface area contributed by atoms with Crippen molar-refractivity contribution in [3.05, 3.63) is 144 Å². The predicted molar refractivity (Wildman–Crippen MR) is 148 cm³/mol. The molecule has 0 aromatic heterocycles. The Morgan fingerprint density at radius 3 is 1.50 bits per heavy atom. The molecule has 0 spiro atoms. The smallest absolute Gasteiger partial charge is 0.138 e. The van der Waals surface area contributed by atoms with Gasteiger partial charge in [-0.1, -0.05) is 121 Å². The highest BCUT2D eigenvalue weighted by Crippen LogP contribution is 2.28. The minimum absolute atomic E-state index is 0.281. The average molecular weight is 510 g/mol. The Hall–Kier alpha value is -3.32. The van der Waals surface area contributed by atoms with E-state index in [9.17, 15) is 0 Å². The topological polar surface area (TPSA) is 49.0 Å². The van der Waals surface area contributed by atoms with Crippen molar-refractivity contribution in [3.63, 3.8) is 0 Å². The van der Waals surface area contributed by atoms with E-state index in [0.717, 1.165) is 16.7 Å². The van der Waals surface area contributed by atoms with E-state index >= 15 is 0 Å². The van der Waals surface area contributed by atoms with Crippen molar-refractivity contribution in [2.45, 2.75) is 50.9 Å². The van der Waals surface area contributed by atoms with Crippen molar-refractivity contribution >= 4 is 0 Å². The molecule has 5 nitrogen and oxygen atoms in total. The van der Waals surface area contributed by atoms with Crippen LogP contribution < -0.4 is 5.32 Å². The summed E-state index contributed by atoms with van der Waals surface area (Å²) in [5, 5.41) is 3.57. The summed E-state index contributed by atoms with van der Waals surface area (Å²) in [5.41, 5.74) is 4.53. The molecule has 5 rings (SSSR count). The van der Waals surface area contributed by atoms with Gasteiger partial charge in [0.1, 0.15) is 24.5 Å². The standard InChI is InChI=1S/C33H35NO4/c1-5-13-26(14-6-1)21-34-33-32(37-24-29-19-11-4-12-20-29)31(36-23-28-17-9-3-10-18-28)30(38-33)25-35-22-27-15-7-2-8-16-27/h1-20,30-34H,21-25H2/t30-,31-,32-,33?/m1/s1. The number of ether oxygens (including phenoxy) is 4. The van der Waals surface area contributed by atoms with Gasteiger partial charge in [0.05, 0.1) is 26.4 Å². The molecule has 0 aliphatic carbocycles. The van der Waals surface area contributed by atoms with Gasteiger partial charge in [0, 0.05) is 6.54 Å². The summed E-state index contributed by atoms with van der Waals surface area (Å²) >= 11 is 0. The first kappa shape index (κ1) is 26.3. The van der Waals surface area contributed by atoms with Crippen LogP contribution in [0.25, 0.3) is 0 Å². The fraction of sp³-hybridized carbons (Fsp3) is 0.273. The second-order valence-corrected chi connectivity index (χ2v) is 9.48. The lowest BCUT2D eigenvalue weighted by atomic mass is 10.1. The first-order chi connectivity index (χ1) is 18.8. The molecule has 1 saturated heterocycles. The van der Waals surface area contributed by atoms with Crippen LogP contribution >= 0.6 is 0 Å². The summed E-state index contributed by atoms with van der Waals surface area (Å²) in [7, 11) is 0. The van der Waals surface area contributed by atoms with Crippen LogP contribution in [0.3, 0.4) is 0 Å². The van der Waals surface area contributed by atoms with Crippen molar-refractivity contribution in [2.24, 2.45) is 0 Å². The van der Waals surface area contributed by atoms with Gasteiger partial charge in [-0.3, -0.25) is 5.32 Å². The lowest BCUT2D eigenvalue weighted by molar-refractivity contribution is -0.0900. The minimum atomic E-state index is -0.343. The van der Waals surface area contributed by atoms with Crippen molar-refractivity contribution in [1.29, 1.82) is 0 Å². The maximum atomic E-state index is 6.54. The molecular formula is C33H35NO4. The van der Waals surface area contributed by atoms with Crippen molar-refractivity contribution in [1.82, 2.24) is 5.32 Å². The number of hydrogen-bond acceptors (Lipinski definition) is 5. The predicted octanol–water partition coefficient (Wildman–Crippen LogP) is 5.89. The van der Waals surface area contributed by atoms with Gasteiger partial charge >= 0.3 is 0 Å². The number of hydrogen-bond donors (Lipinski definition) is 1. The molecule has 1 heterocycles. The third kappa shape index (κ3) is 7.60. The fourth-order valence-electron chi connectivity index (χ4n) is 4.62. The first-order valence-corrected chi connectivity index (χ1v) is 13.2. The van der Waals surface area contributed by atoms with Crippen LogP contribution in [0.2, 0.25) is 0 Å². The van der Waals surface area contributed by atoms with Crippen LogP contribution in [0.4, 0.5) is 0 Å². The van der Waals surface area contributed by atoms with Crippen molar-refractivity contribution in [3.8, 4) is 0 Å². The lowest BCUT2D eigenvalue weighted by Crippen LogP contribution is -2.43. The highest BCUT2D eigenvalue weighted by atomic mass is 16.6. The van der Waals surface area contributed by atoms with Crippen molar-refractivity contribution < 1.29 is 18.9 Å². The molecule has 5 heteroatoms. The number of rotatable bonds is 13. The van der Waals surface area contributed by atoms with Gasteiger partial charge in [0.25, 0.3) is 0 Å². The normalized spacial score (nSPS) is 20.9. The van der Waals surface area contributed by atoms with E-state index < -0.39 is 0 Å². The molecule has 1 fully saturated rings. The van der Waals surface area contributed by atoms with Gasteiger partial charge in [0.15, 0.2) is 0 Å². The van der Waals surface area contributed by atoms with Crippen LogP contribution in [-0.4, -0.2) is 31.1 Å². The maximum absolute atomic E-state index is 6.54. The average Bonchev–Trinajstić information content (AvgIpc) is 3.32. The summed E-state index contributed by atoms with van der Waals surface area (Å²) in [5.74, 6) is 0. The van der Waals surface area contributed by atoms with Gasteiger partial charge in [-0.15, -0.1) is 0 Å². The Labute approximate surface area is 225 Å². The highest BCUT2D eigenvalue weighted by Gasteiger charge is 2.46. The van der Waals surface area contributed by atoms with Gasteiger partial charge in [-0.05, 0) is 22.3 Å².